The Kier molecular flexibility index (Phi) is 8.39. The Hall–Kier alpha value is -2.43. The minimum Gasteiger partial charge on any atom is -0.452 e. The zero-order valence-electron chi connectivity index (χ0n) is 17.6. The van der Waals surface area contributed by atoms with E-state index in [0.29, 0.717) is 12.2 Å². The summed E-state index contributed by atoms with van der Waals surface area (Å²) in [6.45, 7) is 1.86. The molecule has 30 heavy (non-hydrogen) atoms. The summed E-state index contributed by atoms with van der Waals surface area (Å²) in [5, 5.41) is 11.9. The van der Waals surface area contributed by atoms with Gasteiger partial charge >= 0.3 is 5.97 Å². The Morgan fingerprint density at radius 1 is 1.27 bits per heavy atom. The first-order valence-corrected chi connectivity index (χ1v) is 11.2. The molecule has 0 unspecified atom stereocenters. The van der Waals surface area contributed by atoms with Gasteiger partial charge in [0.1, 0.15) is 0 Å². The van der Waals surface area contributed by atoms with Gasteiger partial charge in [0.05, 0.1) is 17.1 Å². The Bertz CT molecular complexity index is 911. The predicted molar refractivity (Wildman–Crippen MR) is 112 cm³/mol. The van der Waals surface area contributed by atoms with Crippen molar-refractivity contribution in [3.05, 3.63) is 35.5 Å². The van der Waals surface area contributed by atoms with E-state index in [2.05, 4.69) is 5.32 Å². The van der Waals surface area contributed by atoms with Gasteiger partial charge in [-0.1, -0.05) is 6.08 Å². The lowest BCUT2D eigenvalue weighted by molar-refractivity contribution is -0.132. The van der Waals surface area contributed by atoms with E-state index in [9.17, 15) is 18.0 Å². The number of anilines is 1. The molecule has 10 heteroatoms. The van der Waals surface area contributed by atoms with Crippen LogP contribution in [0, 0.1) is 0 Å². The fourth-order valence-electron chi connectivity index (χ4n) is 3.13. The molecule has 1 aromatic carbocycles. The van der Waals surface area contributed by atoms with Crippen LogP contribution < -0.4 is 5.32 Å². The van der Waals surface area contributed by atoms with Crippen LogP contribution in [0.4, 0.5) is 5.69 Å². The van der Waals surface area contributed by atoms with E-state index in [4.69, 9.17) is 9.84 Å². The molecule has 2 rings (SSSR count). The van der Waals surface area contributed by atoms with Gasteiger partial charge in [-0.05, 0) is 44.4 Å². The average Bonchev–Trinajstić information content (AvgIpc) is 3.25. The normalized spacial score (nSPS) is 13.8. The monoisotopic (exact) mass is 439 g/mol. The van der Waals surface area contributed by atoms with Crippen molar-refractivity contribution in [3.63, 3.8) is 0 Å². The lowest BCUT2D eigenvalue weighted by Crippen LogP contribution is -2.33. The highest BCUT2D eigenvalue weighted by Gasteiger charge is 2.24. The molecule has 0 heterocycles. The van der Waals surface area contributed by atoms with Crippen LogP contribution in [0.2, 0.25) is 0 Å². The van der Waals surface area contributed by atoms with Crippen molar-refractivity contribution in [2.45, 2.75) is 31.1 Å². The summed E-state index contributed by atoms with van der Waals surface area (Å²) in [5.41, 5.74) is 1.22. The Morgan fingerprint density at radius 3 is 2.57 bits per heavy atom. The van der Waals surface area contributed by atoms with Crippen LogP contribution in [0.1, 0.15) is 36.5 Å². The zero-order valence-corrected chi connectivity index (χ0v) is 18.4. The number of aliphatic hydroxyl groups is 1. The van der Waals surface area contributed by atoms with Crippen LogP contribution in [-0.4, -0.2) is 75.0 Å². The molecule has 0 fully saturated rings. The van der Waals surface area contributed by atoms with Gasteiger partial charge in [0, 0.05) is 38.6 Å². The van der Waals surface area contributed by atoms with Crippen molar-refractivity contribution in [1.82, 2.24) is 9.21 Å². The first kappa shape index (κ1) is 23.8. The number of nitrogens with zero attached hydrogens (tertiary/aromatic N) is 2. The SMILES string of the molecule is CCN(C(=O)COC(=O)c1cc(S(=O)(=O)N(C)C)ccc1NCCO)C1=CCCC1. The van der Waals surface area contributed by atoms with Gasteiger partial charge in [0.15, 0.2) is 6.61 Å². The number of benzene rings is 1. The number of sulfonamides is 1. The fourth-order valence-corrected chi connectivity index (χ4v) is 4.06. The summed E-state index contributed by atoms with van der Waals surface area (Å²) in [6.07, 6.45) is 4.74. The minimum atomic E-state index is -3.76. The molecule has 2 N–H and O–H groups in total. The maximum Gasteiger partial charge on any atom is 0.340 e. The summed E-state index contributed by atoms with van der Waals surface area (Å²) in [4.78, 5) is 26.7. The molecular formula is C20H29N3O6S. The number of amides is 1. The van der Waals surface area contributed by atoms with Gasteiger partial charge in [-0.2, -0.15) is 0 Å². The van der Waals surface area contributed by atoms with Crippen LogP contribution in [0.5, 0.6) is 0 Å². The first-order chi connectivity index (χ1) is 14.2. The largest absolute Gasteiger partial charge is 0.452 e. The molecule has 1 aliphatic carbocycles. The van der Waals surface area contributed by atoms with Crippen molar-refractivity contribution >= 4 is 27.6 Å². The van der Waals surface area contributed by atoms with Crippen LogP contribution in [-0.2, 0) is 19.6 Å². The van der Waals surface area contributed by atoms with Crippen LogP contribution in [0.3, 0.4) is 0 Å². The number of likely N-dealkylation sites (N-methyl/N-ethyl adjacent to an activating group) is 1. The Morgan fingerprint density at radius 2 is 2.00 bits per heavy atom. The second-order valence-corrected chi connectivity index (χ2v) is 9.10. The maximum atomic E-state index is 12.7. The number of carbonyl (C=O) groups excluding carboxylic acids is 2. The number of aliphatic hydroxyl groups excluding tert-OH is 1. The highest BCUT2D eigenvalue weighted by Crippen LogP contribution is 2.24. The first-order valence-electron chi connectivity index (χ1n) is 9.80. The molecule has 1 amide bonds. The number of rotatable bonds is 10. The molecule has 9 nitrogen and oxygen atoms in total. The molecule has 166 valence electrons. The van der Waals surface area contributed by atoms with Gasteiger partial charge in [-0.3, -0.25) is 4.79 Å². The van der Waals surface area contributed by atoms with E-state index < -0.39 is 22.6 Å². The third-order valence-corrected chi connectivity index (χ3v) is 6.54. The van der Waals surface area contributed by atoms with E-state index in [0.717, 1.165) is 29.3 Å². The number of carbonyl (C=O) groups is 2. The van der Waals surface area contributed by atoms with Crippen molar-refractivity contribution in [1.29, 1.82) is 0 Å². The number of nitrogens with one attached hydrogen (secondary N) is 1. The molecule has 0 aliphatic heterocycles. The van der Waals surface area contributed by atoms with E-state index >= 15 is 0 Å². The highest BCUT2D eigenvalue weighted by molar-refractivity contribution is 7.89. The summed E-state index contributed by atoms with van der Waals surface area (Å²) in [6, 6.07) is 4.01. The van der Waals surface area contributed by atoms with Crippen LogP contribution in [0.15, 0.2) is 34.9 Å². The van der Waals surface area contributed by atoms with Crippen molar-refractivity contribution in [2.24, 2.45) is 0 Å². The second-order valence-electron chi connectivity index (χ2n) is 6.95. The number of hydrogen-bond acceptors (Lipinski definition) is 7. The molecular weight excluding hydrogens is 410 g/mol. The summed E-state index contributed by atoms with van der Waals surface area (Å²) in [5.74, 6) is -1.16. The highest BCUT2D eigenvalue weighted by atomic mass is 32.2. The van der Waals surface area contributed by atoms with Gasteiger partial charge < -0.3 is 20.1 Å². The van der Waals surface area contributed by atoms with E-state index in [1.54, 1.807) is 4.90 Å². The predicted octanol–water partition coefficient (Wildman–Crippen LogP) is 1.41. The topological polar surface area (TPSA) is 116 Å². The second kappa shape index (κ2) is 10.6. The molecule has 0 spiro atoms. The smallest absolute Gasteiger partial charge is 0.340 e. The van der Waals surface area contributed by atoms with Crippen LogP contribution >= 0.6 is 0 Å². The van der Waals surface area contributed by atoms with Crippen molar-refractivity contribution in [2.75, 3.05) is 45.7 Å². The molecule has 0 aromatic heterocycles. The molecule has 0 atom stereocenters. The molecule has 0 radical (unpaired) electrons. The van der Waals surface area contributed by atoms with E-state index in [-0.39, 0.29) is 29.5 Å². The fraction of sp³-hybridized carbons (Fsp3) is 0.500. The molecule has 1 aromatic rings. The summed E-state index contributed by atoms with van der Waals surface area (Å²) >= 11 is 0. The molecule has 0 saturated heterocycles. The standard InChI is InChI=1S/C20H29N3O6S/c1-4-23(15-7-5-6-8-15)19(25)14-29-20(26)17-13-16(30(27,28)22(2)3)9-10-18(17)21-11-12-24/h7,9-10,13,21,24H,4-6,8,11-12,14H2,1-3H3. The van der Waals surface area contributed by atoms with E-state index in [1.165, 1.54) is 32.3 Å². The third-order valence-electron chi connectivity index (χ3n) is 4.72. The van der Waals surface area contributed by atoms with Gasteiger partial charge in [-0.15, -0.1) is 0 Å². The molecule has 0 saturated carbocycles. The minimum absolute atomic E-state index is 0.0256. The summed E-state index contributed by atoms with van der Waals surface area (Å²) in [7, 11) is -0.984. The number of hydrogen-bond donors (Lipinski definition) is 2. The van der Waals surface area contributed by atoms with Gasteiger partial charge in [0.25, 0.3) is 5.91 Å². The molecule has 0 bridgehead atoms. The summed E-state index contributed by atoms with van der Waals surface area (Å²) < 4.78 is 31.1. The Labute approximate surface area is 177 Å². The van der Waals surface area contributed by atoms with Gasteiger partial charge in [0.2, 0.25) is 10.0 Å². The Balaban J connectivity index is 2.22. The van der Waals surface area contributed by atoms with Crippen molar-refractivity contribution < 1.29 is 27.9 Å². The van der Waals surface area contributed by atoms with Crippen molar-refractivity contribution in [3.8, 4) is 0 Å². The number of allylic oxidation sites excluding steroid dienone is 2. The quantitative estimate of drug-likeness (QED) is 0.530. The third kappa shape index (κ3) is 5.59. The van der Waals surface area contributed by atoms with Gasteiger partial charge in [-0.25, -0.2) is 17.5 Å². The zero-order chi connectivity index (χ0) is 22.3. The van der Waals surface area contributed by atoms with E-state index in [1.807, 2.05) is 13.0 Å². The average molecular weight is 440 g/mol. The molecule has 1 aliphatic rings. The lowest BCUT2D eigenvalue weighted by Gasteiger charge is -2.22. The number of esters is 1. The van der Waals surface area contributed by atoms with Crippen LogP contribution in [0.25, 0.3) is 0 Å². The maximum absolute atomic E-state index is 12.7. The lowest BCUT2D eigenvalue weighted by atomic mass is 10.2. The number of ether oxygens (including phenoxy) is 1.